The molecule has 22 heavy (non-hydrogen) atoms. The van der Waals surface area contributed by atoms with Gasteiger partial charge in [0.05, 0.1) is 0 Å². The van der Waals surface area contributed by atoms with Crippen molar-refractivity contribution in [3.63, 3.8) is 0 Å². The molecule has 1 unspecified atom stereocenters. The molecule has 0 spiro atoms. The number of carbonyl (C=O) groups is 2. The molecule has 2 amide bonds. The quantitative estimate of drug-likeness (QED) is 0.779. The number of rotatable bonds is 7. The van der Waals surface area contributed by atoms with E-state index >= 15 is 0 Å². The summed E-state index contributed by atoms with van der Waals surface area (Å²) < 4.78 is 0. The molecule has 0 aliphatic carbocycles. The molecule has 4 nitrogen and oxygen atoms in total. The van der Waals surface area contributed by atoms with Gasteiger partial charge in [0, 0.05) is 18.8 Å². The van der Waals surface area contributed by atoms with Crippen LogP contribution in [0.15, 0.2) is 24.3 Å². The third-order valence-corrected chi connectivity index (χ3v) is 3.82. The van der Waals surface area contributed by atoms with Crippen LogP contribution in [0, 0.1) is 0 Å². The second kappa shape index (κ2) is 9.23. The van der Waals surface area contributed by atoms with E-state index in [4.69, 9.17) is 0 Å². The summed E-state index contributed by atoms with van der Waals surface area (Å²) in [5.41, 5.74) is 1.81. The summed E-state index contributed by atoms with van der Waals surface area (Å²) in [5.74, 6) is -0.644. The van der Waals surface area contributed by atoms with Crippen LogP contribution in [0.3, 0.4) is 0 Å². The molecule has 122 valence electrons. The van der Waals surface area contributed by atoms with Gasteiger partial charge in [-0.1, -0.05) is 45.9 Å². The zero-order valence-electron chi connectivity index (χ0n) is 14.2. The lowest BCUT2D eigenvalue weighted by Crippen LogP contribution is -2.40. The molecule has 0 saturated carbocycles. The summed E-state index contributed by atoms with van der Waals surface area (Å²) in [7, 11) is 0. The maximum atomic E-state index is 12.3. The van der Waals surface area contributed by atoms with Gasteiger partial charge < -0.3 is 10.2 Å². The highest BCUT2D eigenvalue weighted by atomic mass is 16.2. The van der Waals surface area contributed by atoms with E-state index in [2.05, 4.69) is 19.2 Å². The number of hydrogen-bond acceptors (Lipinski definition) is 2. The Balaban J connectivity index is 2.85. The average molecular weight is 304 g/mol. The first-order valence-corrected chi connectivity index (χ1v) is 8.24. The van der Waals surface area contributed by atoms with Gasteiger partial charge in [-0.2, -0.15) is 0 Å². The fraction of sp³-hybridized carbons (Fsp3) is 0.556. The minimum Gasteiger partial charge on any atom is -0.334 e. The summed E-state index contributed by atoms with van der Waals surface area (Å²) in [6, 6.07) is 7.70. The molecule has 0 bridgehead atoms. The highest BCUT2D eigenvalue weighted by Crippen LogP contribution is 2.26. The second-order valence-electron chi connectivity index (χ2n) is 5.64. The Morgan fingerprint density at radius 3 is 2.23 bits per heavy atom. The molecular weight excluding hydrogens is 276 g/mol. The lowest BCUT2D eigenvalue weighted by molar-refractivity contribution is -0.143. The van der Waals surface area contributed by atoms with Gasteiger partial charge in [0.1, 0.15) is 0 Å². The standard InChI is InChI=1S/C18H28N2O2/c1-5-12-20(13-6-2)18(22)17(21)19-16-11-9-8-10-15(16)14(4)7-3/h8-11,14H,5-7,12-13H2,1-4H3,(H,19,21). The maximum absolute atomic E-state index is 12.3. The van der Waals surface area contributed by atoms with Crippen LogP contribution < -0.4 is 5.32 Å². The van der Waals surface area contributed by atoms with Crippen molar-refractivity contribution in [3.8, 4) is 0 Å². The first kappa shape index (κ1) is 18.2. The third kappa shape index (κ3) is 4.86. The molecule has 0 saturated heterocycles. The Kier molecular flexibility index (Phi) is 7.64. The fourth-order valence-electron chi connectivity index (χ4n) is 2.43. The van der Waals surface area contributed by atoms with Gasteiger partial charge >= 0.3 is 11.8 Å². The molecule has 1 atom stereocenters. The van der Waals surface area contributed by atoms with E-state index in [1.807, 2.05) is 38.1 Å². The molecular formula is C18H28N2O2. The number of para-hydroxylation sites is 1. The van der Waals surface area contributed by atoms with Crippen molar-refractivity contribution in [1.82, 2.24) is 4.90 Å². The van der Waals surface area contributed by atoms with Crippen molar-refractivity contribution >= 4 is 17.5 Å². The van der Waals surface area contributed by atoms with E-state index in [-0.39, 0.29) is 0 Å². The predicted molar refractivity (Wildman–Crippen MR) is 90.9 cm³/mol. The summed E-state index contributed by atoms with van der Waals surface area (Å²) in [5, 5.41) is 2.79. The van der Waals surface area contributed by atoms with E-state index in [9.17, 15) is 9.59 Å². The number of nitrogens with zero attached hydrogens (tertiary/aromatic N) is 1. The Bertz CT molecular complexity index is 494. The molecule has 0 fully saturated rings. The summed E-state index contributed by atoms with van der Waals surface area (Å²) in [4.78, 5) is 26.2. The van der Waals surface area contributed by atoms with E-state index in [1.165, 1.54) is 0 Å². The lowest BCUT2D eigenvalue weighted by atomic mass is 9.97. The second-order valence-corrected chi connectivity index (χ2v) is 5.64. The van der Waals surface area contributed by atoms with E-state index < -0.39 is 11.8 Å². The molecule has 4 heteroatoms. The van der Waals surface area contributed by atoms with Crippen LogP contribution in [0.25, 0.3) is 0 Å². The maximum Gasteiger partial charge on any atom is 0.313 e. The number of nitrogens with one attached hydrogen (secondary N) is 1. The van der Waals surface area contributed by atoms with Crippen molar-refractivity contribution in [2.75, 3.05) is 18.4 Å². The third-order valence-electron chi connectivity index (χ3n) is 3.82. The van der Waals surface area contributed by atoms with Crippen molar-refractivity contribution in [3.05, 3.63) is 29.8 Å². The first-order chi connectivity index (χ1) is 10.5. The molecule has 0 radical (unpaired) electrons. The van der Waals surface area contributed by atoms with E-state index in [0.29, 0.717) is 19.0 Å². The molecule has 1 aromatic carbocycles. The summed E-state index contributed by atoms with van der Waals surface area (Å²) in [6.45, 7) is 9.48. The number of amides is 2. The van der Waals surface area contributed by atoms with Crippen molar-refractivity contribution < 1.29 is 9.59 Å². The average Bonchev–Trinajstić information content (AvgIpc) is 2.53. The van der Waals surface area contributed by atoms with Gasteiger partial charge in [-0.3, -0.25) is 9.59 Å². The number of carbonyl (C=O) groups excluding carboxylic acids is 2. The van der Waals surface area contributed by atoms with Crippen LogP contribution in [-0.4, -0.2) is 29.8 Å². The van der Waals surface area contributed by atoms with Crippen LogP contribution in [0.1, 0.15) is 58.4 Å². The Hall–Kier alpha value is -1.84. The first-order valence-electron chi connectivity index (χ1n) is 8.24. The van der Waals surface area contributed by atoms with E-state index in [1.54, 1.807) is 4.90 Å². The number of hydrogen-bond donors (Lipinski definition) is 1. The molecule has 1 rings (SSSR count). The predicted octanol–water partition coefficient (Wildman–Crippen LogP) is 3.79. The SMILES string of the molecule is CCCN(CCC)C(=O)C(=O)Nc1ccccc1C(C)CC. The Morgan fingerprint density at radius 1 is 1.09 bits per heavy atom. The molecule has 0 aromatic heterocycles. The molecule has 0 aliphatic heterocycles. The van der Waals surface area contributed by atoms with Crippen LogP contribution in [0.2, 0.25) is 0 Å². The number of anilines is 1. The van der Waals surface area contributed by atoms with Crippen molar-refractivity contribution in [1.29, 1.82) is 0 Å². The minimum atomic E-state index is -0.544. The van der Waals surface area contributed by atoms with Gasteiger partial charge in [-0.25, -0.2) is 0 Å². The number of benzene rings is 1. The van der Waals surface area contributed by atoms with Gasteiger partial charge in [-0.15, -0.1) is 0 Å². The highest BCUT2D eigenvalue weighted by Gasteiger charge is 2.21. The fourth-order valence-corrected chi connectivity index (χ4v) is 2.43. The van der Waals surface area contributed by atoms with Gasteiger partial charge in [0.15, 0.2) is 0 Å². The zero-order valence-corrected chi connectivity index (χ0v) is 14.2. The molecule has 0 aliphatic rings. The van der Waals surface area contributed by atoms with Gasteiger partial charge in [0.25, 0.3) is 0 Å². The largest absolute Gasteiger partial charge is 0.334 e. The smallest absolute Gasteiger partial charge is 0.313 e. The van der Waals surface area contributed by atoms with Crippen LogP contribution in [0.5, 0.6) is 0 Å². The van der Waals surface area contributed by atoms with Crippen LogP contribution >= 0.6 is 0 Å². The summed E-state index contributed by atoms with van der Waals surface area (Å²) >= 11 is 0. The lowest BCUT2D eigenvalue weighted by Gasteiger charge is -2.21. The van der Waals surface area contributed by atoms with Crippen LogP contribution in [0.4, 0.5) is 5.69 Å². The van der Waals surface area contributed by atoms with Crippen molar-refractivity contribution in [2.45, 2.75) is 52.9 Å². The minimum absolute atomic E-state index is 0.342. The van der Waals surface area contributed by atoms with Gasteiger partial charge in [0.2, 0.25) is 0 Å². The zero-order chi connectivity index (χ0) is 16.5. The molecule has 1 N–H and O–H groups in total. The van der Waals surface area contributed by atoms with E-state index in [0.717, 1.165) is 30.5 Å². The molecule has 0 heterocycles. The normalized spacial score (nSPS) is 11.8. The Labute approximate surface area is 133 Å². The Morgan fingerprint density at radius 2 is 1.68 bits per heavy atom. The van der Waals surface area contributed by atoms with Gasteiger partial charge in [-0.05, 0) is 36.8 Å². The monoisotopic (exact) mass is 304 g/mol. The summed E-state index contributed by atoms with van der Waals surface area (Å²) in [6.07, 6.45) is 2.68. The van der Waals surface area contributed by atoms with Crippen LogP contribution in [-0.2, 0) is 9.59 Å². The van der Waals surface area contributed by atoms with Crippen molar-refractivity contribution in [2.24, 2.45) is 0 Å². The topological polar surface area (TPSA) is 49.4 Å². The highest BCUT2D eigenvalue weighted by molar-refractivity contribution is 6.39. The molecule has 1 aromatic rings.